The van der Waals surface area contributed by atoms with Crippen LogP contribution in [0.2, 0.25) is 0 Å². The van der Waals surface area contributed by atoms with E-state index in [4.69, 9.17) is 9.84 Å². The summed E-state index contributed by atoms with van der Waals surface area (Å²) in [5, 5.41) is 8.90. The van der Waals surface area contributed by atoms with Crippen LogP contribution in [-0.4, -0.2) is 32.7 Å². The van der Waals surface area contributed by atoms with Crippen LogP contribution in [0.5, 0.6) is 0 Å². The molecule has 2 heterocycles. The van der Waals surface area contributed by atoms with Gasteiger partial charge in [-0.3, -0.25) is 9.69 Å². The molecule has 1 amide bonds. The Morgan fingerprint density at radius 3 is 2.55 bits per heavy atom. The number of aromatic carboxylic acids is 1. The summed E-state index contributed by atoms with van der Waals surface area (Å²) in [6, 6.07) is 1.31. The van der Waals surface area contributed by atoms with Gasteiger partial charge in [-0.1, -0.05) is 0 Å². The highest BCUT2D eigenvalue weighted by molar-refractivity contribution is 5.87. The zero-order chi connectivity index (χ0) is 15.1. The molecule has 7 heteroatoms. The van der Waals surface area contributed by atoms with E-state index in [-0.39, 0.29) is 18.7 Å². The predicted octanol–water partition coefficient (Wildman–Crippen LogP) is 1.32. The van der Waals surface area contributed by atoms with E-state index in [9.17, 15) is 14.4 Å². The van der Waals surface area contributed by atoms with Crippen LogP contribution in [0.25, 0.3) is 0 Å². The minimum Gasteiger partial charge on any atom is -0.477 e. The molecule has 0 bridgehead atoms. The number of nitrogens with zero attached hydrogens (tertiary/aromatic N) is 1. The summed E-state index contributed by atoms with van der Waals surface area (Å²) in [6.07, 6.45) is -0.494. The van der Waals surface area contributed by atoms with Crippen molar-refractivity contribution in [1.82, 2.24) is 9.88 Å². The number of hydrogen-bond acceptors (Lipinski definition) is 4. The van der Waals surface area contributed by atoms with Crippen LogP contribution in [-0.2, 0) is 17.8 Å². The van der Waals surface area contributed by atoms with Crippen molar-refractivity contribution in [3.63, 3.8) is 0 Å². The Labute approximate surface area is 115 Å². The average Bonchev–Trinajstić information content (AvgIpc) is 2.68. The monoisotopic (exact) mass is 280 g/mol. The first kappa shape index (κ1) is 14.1. The fraction of sp³-hybridized carbons (Fsp3) is 0.462. The Kier molecular flexibility index (Phi) is 3.29. The number of carboxylic acids is 1. The first-order valence-corrected chi connectivity index (χ1v) is 6.13. The standard InChI is InChI=1S/C13H16N2O5/c1-13(2,3)20-12(19)15-5-7-4-8(11(17)18)10(16)14-9(7)6-15/h4H,5-6H2,1-3H3,(H,14,16)(H,17,18). The van der Waals surface area contributed by atoms with Crippen molar-refractivity contribution in [3.8, 4) is 0 Å². The van der Waals surface area contributed by atoms with Crippen LogP contribution in [0.15, 0.2) is 10.9 Å². The summed E-state index contributed by atoms with van der Waals surface area (Å²) in [5.74, 6) is -1.29. The third-order valence-electron chi connectivity index (χ3n) is 2.81. The van der Waals surface area contributed by atoms with Crippen LogP contribution in [0.3, 0.4) is 0 Å². The molecule has 108 valence electrons. The van der Waals surface area contributed by atoms with Gasteiger partial charge in [-0.05, 0) is 32.4 Å². The number of rotatable bonds is 1. The molecule has 0 aromatic carbocycles. The smallest absolute Gasteiger partial charge is 0.410 e. The van der Waals surface area contributed by atoms with Crippen molar-refractivity contribution in [2.75, 3.05) is 0 Å². The fourth-order valence-corrected chi connectivity index (χ4v) is 1.96. The number of amides is 1. The summed E-state index contributed by atoms with van der Waals surface area (Å²) in [5.41, 5.74) is -0.429. The van der Waals surface area contributed by atoms with Gasteiger partial charge in [0.1, 0.15) is 11.2 Å². The minimum absolute atomic E-state index is 0.208. The molecular weight excluding hydrogens is 264 g/mol. The lowest BCUT2D eigenvalue weighted by atomic mass is 10.1. The number of carboxylic acid groups (broad SMARTS) is 1. The normalized spacial score (nSPS) is 14.1. The third-order valence-corrected chi connectivity index (χ3v) is 2.81. The Morgan fingerprint density at radius 1 is 1.35 bits per heavy atom. The van der Waals surface area contributed by atoms with E-state index >= 15 is 0 Å². The number of aromatic amines is 1. The highest BCUT2D eigenvalue weighted by Gasteiger charge is 2.29. The number of ether oxygens (including phenoxy) is 1. The molecule has 0 spiro atoms. The SMILES string of the molecule is CC(C)(C)OC(=O)N1Cc2cc(C(=O)O)c(=O)[nH]c2C1. The molecular formula is C13H16N2O5. The number of nitrogens with one attached hydrogen (secondary N) is 1. The molecule has 0 radical (unpaired) electrons. The molecule has 2 rings (SSSR count). The topological polar surface area (TPSA) is 99.7 Å². The maximum absolute atomic E-state index is 11.9. The van der Waals surface area contributed by atoms with E-state index in [0.717, 1.165) is 0 Å². The maximum Gasteiger partial charge on any atom is 0.410 e. The van der Waals surface area contributed by atoms with Gasteiger partial charge in [0.15, 0.2) is 0 Å². The Morgan fingerprint density at radius 2 is 2.00 bits per heavy atom. The summed E-state index contributed by atoms with van der Waals surface area (Å²) in [7, 11) is 0. The molecule has 0 fully saturated rings. The number of H-pyrrole nitrogens is 1. The second-order valence-corrected chi connectivity index (χ2v) is 5.66. The van der Waals surface area contributed by atoms with Crippen molar-refractivity contribution >= 4 is 12.1 Å². The van der Waals surface area contributed by atoms with Gasteiger partial charge in [-0.25, -0.2) is 9.59 Å². The molecule has 2 N–H and O–H groups in total. The number of aromatic nitrogens is 1. The molecule has 1 aliphatic rings. The highest BCUT2D eigenvalue weighted by atomic mass is 16.6. The van der Waals surface area contributed by atoms with Crippen LogP contribution in [0, 0.1) is 0 Å². The van der Waals surface area contributed by atoms with Crippen LogP contribution < -0.4 is 5.56 Å². The summed E-state index contributed by atoms with van der Waals surface area (Å²) >= 11 is 0. The summed E-state index contributed by atoms with van der Waals surface area (Å²) in [4.78, 5) is 38.3. The quantitative estimate of drug-likeness (QED) is 0.808. The molecule has 7 nitrogen and oxygen atoms in total. The summed E-state index contributed by atoms with van der Waals surface area (Å²) < 4.78 is 5.24. The lowest BCUT2D eigenvalue weighted by molar-refractivity contribution is 0.0240. The lowest BCUT2D eigenvalue weighted by Gasteiger charge is -2.23. The molecule has 0 saturated heterocycles. The highest BCUT2D eigenvalue weighted by Crippen LogP contribution is 2.22. The van der Waals surface area contributed by atoms with E-state index in [1.807, 2.05) is 0 Å². The predicted molar refractivity (Wildman–Crippen MR) is 69.5 cm³/mol. The lowest BCUT2D eigenvalue weighted by Crippen LogP contribution is -2.33. The van der Waals surface area contributed by atoms with Gasteiger partial charge < -0.3 is 14.8 Å². The van der Waals surface area contributed by atoms with Gasteiger partial charge in [-0.2, -0.15) is 0 Å². The van der Waals surface area contributed by atoms with Gasteiger partial charge in [-0.15, -0.1) is 0 Å². The maximum atomic E-state index is 11.9. The minimum atomic E-state index is -1.29. The Bertz CT molecular complexity index is 627. The molecule has 0 unspecified atom stereocenters. The van der Waals surface area contributed by atoms with E-state index in [2.05, 4.69) is 4.98 Å². The van der Waals surface area contributed by atoms with Gasteiger partial charge in [0, 0.05) is 5.69 Å². The summed E-state index contributed by atoms with van der Waals surface area (Å²) in [6.45, 7) is 5.72. The molecule has 20 heavy (non-hydrogen) atoms. The number of fused-ring (bicyclic) bond motifs is 1. The Hall–Kier alpha value is -2.31. The first-order chi connectivity index (χ1) is 9.17. The average molecular weight is 280 g/mol. The molecule has 1 aromatic heterocycles. The van der Waals surface area contributed by atoms with Crippen molar-refractivity contribution < 1.29 is 19.4 Å². The fourth-order valence-electron chi connectivity index (χ4n) is 1.96. The van der Waals surface area contributed by atoms with Crippen molar-refractivity contribution in [3.05, 3.63) is 33.2 Å². The molecule has 1 aliphatic heterocycles. The van der Waals surface area contributed by atoms with E-state index in [1.54, 1.807) is 20.8 Å². The van der Waals surface area contributed by atoms with Crippen LogP contribution in [0.4, 0.5) is 4.79 Å². The van der Waals surface area contributed by atoms with Gasteiger partial charge in [0.2, 0.25) is 0 Å². The second-order valence-electron chi connectivity index (χ2n) is 5.66. The number of carbonyl (C=O) groups excluding carboxylic acids is 1. The largest absolute Gasteiger partial charge is 0.477 e. The van der Waals surface area contributed by atoms with E-state index in [1.165, 1.54) is 11.0 Å². The van der Waals surface area contributed by atoms with Gasteiger partial charge in [0.05, 0.1) is 13.1 Å². The van der Waals surface area contributed by atoms with Gasteiger partial charge >= 0.3 is 12.1 Å². The number of carbonyl (C=O) groups is 2. The zero-order valence-corrected chi connectivity index (χ0v) is 11.5. The van der Waals surface area contributed by atoms with Crippen LogP contribution in [0.1, 0.15) is 42.4 Å². The van der Waals surface area contributed by atoms with E-state index in [0.29, 0.717) is 11.3 Å². The first-order valence-electron chi connectivity index (χ1n) is 6.13. The molecule has 1 aromatic rings. The van der Waals surface area contributed by atoms with Crippen LogP contribution >= 0.6 is 0 Å². The molecule has 0 saturated carbocycles. The second kappa shape index (κ2) is 4.66. The molecule has 0 atom stereocenters. The Balaban J connectivity index is 2.22. The molecule has 0 aliphatic carbocycles. The van der Waals surface area contributed by atoms with Crippen molar-refractivity contribution in [2.45, 2.75) is 39.5 Å². The van der Waals surface area contributed by atoms with E-state index < -0.39 is 23.2 Å². The van der Waals surface area contributed by atoms with Gasteiger partial charge in [0.25, 0.3) is 5.56 Å². The number of pyridine rings is 1. The van der Waals surface area contributed by atoms with Crippen molar-refractivity contribution in [2.24, 2.45) is 0 Å². The third kappa shape index (κ3) is 2.81. The number of hydrogen-bond donors (Lipinski definition) is 2. The van der Waals surface area contributed by atoms with Crippen molar-refractivity contribution in [1.29, 1.82) is 0 Å². The zero-order valence-electron chi connectivity index (χ0n) is 11.5.